The Kier molecular flexibility index (Phi) is 8.95. The molecule has 2 aromatic heterocycles. The lowest BCUT2D eigenvalue weighted by Gasteiger charge is -2.46. The van der Waals surface area contributed by atoms with Gasteiger partial charge in [-0.1, -0.05) is 6.58 Å². The minimum absolute atomic E-state index is 0.0262. The van der Waals surface area contributed by atoms with Gasteiger partial charge in [0.05, 0.1) is 38.3 Å². The summed E-state index contributed by atoms with van der Waals surface area (Å²) in [5, 5.41) is 93.9. The zero-order valence-electron chi connectivity index (χ0n) is 22.1. The molecule has 0 unspecified atom stereocenters. The molecule has 2 saturated heterocycles. The molecule has 3 fully saturated rings. The number of aliphatic hydroxyl groups excluding tert-OH is 9. The molecular formula is C24H35N5O13. The molecule has 1 aliphatic carbocycles. The molecule has 13 atom stereocenters. The van der Waals surface area contributed by atoms with Crippen LogP contribution in [0.1, 0.15) is 12.5 Å². The third kappa shape index (κ3) is 5.34. The molecule has 5 rings (SSSR count). The van der Waals surface area contributed by atoms with E-state index < -0.39 is 98.2 Å². The number of aromatic amines is 1. The number of imidazole rings is 1. The maximum Gasteiger partial charge on any atom is 0.280 e. The summed E-state index contributed by atoms with van der Waals surface area (Å²) in [7, 11) is 0. The fourth-order valence-corrected chi connectivity index (χ4v) is 5.64. The Morgan fingerprint density at radius 1 is 0.976 bits per heavy atom. The number of nitrogens with zero attached hydrogens (tertiary/aromatic N) is 3. The number of rotatable bonds is 8. The van der Waals surface area contributed by atoms with E-state index in [1.54, 1.807) is 0 Å². The van der Waals surface area contributed by atoms with Gasteiger partial charge in [0.15, 0.2) is 23.7 Å². The third-order valence-electron chi connectivity index (χ3n) is 8.08. The molecule has 0 spiro atoms. The minimum atomic E-state index is -1.81. The van der Waals surface area contributed by atoms with E-state index >= 15 is 0 Å². The van der Waals surface area contributed by atoms with Gasteiger partial charge in [0, 0.05) is 5.92 Å². The molecule has 2 aromatic rings. The first kappa shape index (κ1) is 30.9. The van der Waals surface area contributed by atoms with Crippen molar-refractivity contribution in [3.8, 4) is 0 Å². The summed E-state index contributed by atoms with van der Waals surface area (Å²) in [5.41, 5.74) is -0.0444. The molecular weight excluding hydrogens is 566 g/mol. The van der Waals surface area contributed by atoms with Crippen molar-refractivity contribution in [3.05, 3.63) is 28.8 Å². The maximum absolute atomic E-state index is 12.8. The number of hydrogen-bond donors (Lipinski definition) is 11. The minimum Gasteiger partial charge on any atom is -0.396 e. The summed E-state index contributed by atoms with van der Waals surface area (Å²) in [6.07, 6.45) is -15.3. The first-order valence-electron chi connectivity index (χ1n) is 13.3. The smallest absolute Gasteiger partial charge is 0.280 e. The van der Waals surface area contributed by atoms with Crippen molar-refractivity contribution in [3.63, 3.8) is 0 Å². The van der Waals surface area contributed by atoms with Crippen LogP contribution < -0.4 is 10.9 Å². The summed E-state index contributed by atoms with van der Waals surface area (Å²) < 4.78 is 18.0. The predicted octanol–water partition coefficient (Wildman–Crippen LogP) is -5.37. The van der Waals surface area contributed by atoms with E-state index in [4.69, 9.17) is 14.2 Å². The maximum atomic E-state index is 12.8. The number of H-pyrrole nitrogens is 1. The van der Waals surface area contributed by atoms with Crippen molar-refractivity contribution in [1.29, 1.82) is 0 Å². The Morgan fingerprint density at radius 3 is 2.33 bits per heavy atom. The van der Waals surface area contributed by atoms with Gasteiger partial charge < -0.3 is 70.1 Å². The molecule has 0 amide bonds. The monoisotopic (exact) mass is 601 g/mol. The number of nitrogens with one attached hydrogen (secondary N) is 2. The van der Waals surface area contributed by atoms with Gasteiger partial charge in [-0.25, -0.2) is 4.98 Å². The quantitative estimate of drug-likeness (QED) is 0.126. The van der Waals surface area contributed by atoms with E-state index in [-0.39, 0.29) is 30.1 Å². The second kappa shape index (κ2) is 12.2. The molecule has 18 heteroatoms. The van der Waals surface area contributed by atoms with E-state index in [1.807, 2.05) is 0 Å². The lowest BCUT2D eigenvalue weighted by Crippen LogP contribution is -2.65. The summed E-state index contributed by atoms with van der Waals surface area (Å²) in [6, 6.07) is -0.512. The van der Waals surface area contributed by atoms with Gasteiger partial charge in [0.1, 0.15) is 48.8 Å². The Labute approximate surface area is 237 Å². The molecule has 3 aliphatic rings. The molecule has 0 radical (unpaired) electrons. The lowest BCUT2D eigenvalue weighted by atomic mass is 9.96. The van der Waals surface area contributed by atoms with Gasteiger partial charge in [-0.15, -0.1) is 0 Å². The molecule has 42 heavy (non-hydrogen) atoms. The first-order chi connectivity index (χ1) is 20.0. The Morgan fingerprint density at radius 2 is 1.69 bits per heavy atom. The predicted molar refractivity (Wildman–Crippen MR) is 138 cm³/mol. The number of fused-ring (bicyclic) bond motifs is 1. The number of anilines is 1. The van der Waals surface area contributed by atoms with Crippen LogP contribution >= 0.6 is 0 Å². The van der Waals surface area contributed by atoms with Crippen LogP contribution in [-0.4, -0.2) is 153 Å². The normalized spacial score (nSPS) is 41.0. The molecule has 0 aromatic carbocycles. The first-order valence-corrected chi connectivity index (χ1v) is 13.3. The van der Waals surface area contributed by atoms with Gasteiger partial charge in [0.2, 0.25) is 5.95 Å². The fourth-order valence-electron chi connectivity index (χ4n) is 5.64. The average molecular weight is 602 g/mol. The van der Waals surface area contributed by atoms with Crippen molar-refractivity contribution >= 4 is 17.1 Å². The van der Waals surface area contributed by atoms with Crippen LogP contribution in [0, 0.1) is 5.92 Å². The lowest BCUT2D eigenvalue weighted by molar-refractivity contribution is -0.340. The highest BCUT2D eigenvalue weighted by Crippen LogP contribution is 2.40. The molecule has 2 aliphatic heterocycles. The Balaban J connectivity index is 1.35. The fraction of sp³-hybridized carbons (Fsp3) is 0.708. The van der Waals surface area contributed by atoms with E-state index in [0.717, 1.165) is 0 Å². The molecule has 1 saturated carbocycles. The number of ether oxygens (including phenoxy) is 3. The highest BCUT2D eigenvalue weighted by molar-refractivity contribution is 5.71. The molecule has 11 N–H and O–H groups in total. The third-order valence-corrected chi connectivity index (χ3v) is 8.08. The second-order valence-corrected chi connectivity index (χ2v) is 10.6. The molecule has 0 bridgehead atoms. The van der Waals surface area contributed by atoms with Crippen molar-refractivity contribution in [2.24, 2.45) is 5.92 Å². The topological polar surface area (TPSA) is 285 Å². The van der Waals surface area contributed by atoms with E-state index in [1.165, 1.54) is 10.9 Å². The zero-order chi connectivity index (χ0) is 30.5. The van der Waals surface area contributed by atoms with Gasteiger partial charge >= 0.3 is 0 Å². The van der Waals surface area contributed by atoms with Crippen LogP contribution in [0.4, 0.5) is 5.95 Å². The van der Waals surface area contributed by atoms with Crippen LogP contribution in [0.25, 0.3) is 11.2 Å². The largest absolute Gasteiger partial charge is 0.396 e. The summed E-state index contributed by atoms with van der Waals surface area (Å²) in [5.74, 6) is -0.758. The molecule has 18 nitrogen and oxygen atoms in total. The van der Waals surface area contributed by atoms with Gasteiger partial charge in [-0.2, -0.15) is 4.98 Å². The number of aromatic nitrogens is 4. The van der Waals surface area contributed by atoms with Crippen molar-refractivity contribution < 1.29 is 60.2 Å². The number of hydrogen-bond acceptors (Lipinski definition) is 16. The molecule has 4 heterocycles. The van der Waals surface area contributed by atoms with E-state index in [2.05, 4.69) is 26.8 Å². The molecule has 234 valence electrons. The summed E-state index contributed by atoms with van der Waals surface area (Å²) in [6.45, 7) is 2.18. The van der Waals surface area contributed by atoms with Crippen LogP contribution in [0.2, 0.25) is 0 Å². The van der Waals surface area contributed by atoms with E-state index in [9.17, 15) is 50.8 Å². The van der Waals surface area contributed by atoms with Gasteiger partial charge in [0.25, 0.3) is 5.56 Å². The van der Waals surface area contributed by atoms with Gasteiger partial charge in [-0.3, -0.25) is 9.78 Å². The second-order valence-electron chi connectivity index (χ2n) is 10.6. The van der Waals surface area contributed by atoms with Crippen molar-refractivity contribution in [2.45, 2.75) is 79.9 Å². The zero-order valence-corrected chi connectivity index (χ0v) is 22.1. The van der Waals surface area contributed by atoms with Crippen molar-refractivity contribution in [2.75, 3.05) is 25.1 Å². The SMILES string of the molecule is C=C1[C@H](CO)[C@@H](O)C[C@@H]1n1cnc2c(=O)[nH]c(N[C@H]3O[C@H](CO)[C@@H](O[C@H]4O[C@H](CO)[C@@H](O)[C@H](O)[C@H]4O)[C@H](O)[C@H]3O)nc21. The highest BCUT2D eigenvalue weighted by Gasteiger charge is 2.50. The summed E-state index contributed by atoms with van der Waals surface area (Å²) >= 11 is 0. The Bertz CT molecular complexity index is 1320. The summed E-state index contributed by atoms with van der Waals surface area (Å²) in [4.78, 5) is 23.7. The van der Waals surface area contributed by atoms with Crippen molar-refractivity contribution in [1.82, 2.24) is 19.5 Å². The van der Waals surface area contributed by atoms with E-state index in [0.29, 0.717) is 5.57 Å². The highest BCUT2D eigenvalue weighted by atomic mass is 16.7. The Hall–Kier alpha value is -2.59. The van der Waals surface area contributed by atoms with Crippen LogP contribution in [0.15, 0.2) is 23.3 Å². The van der Waals surface area contributed by atoms with Crippen LogP contribution in [-0.2, 0) is 14.2 Å². The van der Waals surface area contributed by atoms with Crippen LogP contribution in [0.5, 0.6) is 0 Å². The van der Waals surface area contributed by atoms with Gasteiger partial charge in [-0.05, 0) is 12.0 Å². The average Bonchev–Trinajstić information content (AvgIpc) is 3.52. The standard InChI is InChI=1S/C24H35N5O13/c1-7-8(3-30)10(33)2-9(7)29-6-25-13-20(29)26-24(27-21(13)39)28-22-17(37)16(36)19(12(5-32)40-22)42-23-18(38)15(35)14(34)11(4-31)41-23/h6,8-12,14-19,22-23,30-38H,1-5H2,(H2,26,27,28,39)/t8-,9-,10-,11+,12+,14+,15-,16+,17+,18+,19+,22-,23+/m0/s1. The van der Waals surface area contributed by atoms with Crippen LogP contribution in [0.3, 0.4) is 0 Å². The number of aliphatic hydroxyl groups is 9.